The van der Waals surface area contributed by atoms with Crippen molar-refractivity contribution in [2.45, 2.75) is 85.2 Å². The molecule has 0 fully saturated rings. The van der Waals surface area contributed by atoms with Crippen LogP contribution in [-0.2, 0) is 21.7 Å². The number of nitrogens with zero attached hydrogens (tertiary/aromatic N) is 1. The van der Waals surface area contributed by atoms with Crippen LogP contribution in [0.5, 0.6) is 0 Å². The average molecular weight is 383 g/mol. The fraction of sp³-hybridized carbons (Fsp3) is 0.619. The fourth-order valence-electron chi connectivity index (χ4n) is 3.19. The maximum Gasteiger partial charge on any atom is 0.0425 e. The quantitative estimate of drug-likeness (QED) is 0.252. The first-order valence-electron chi connectivity index (χ1n) is 9.07. The molecular formula is C21H38NPTi. The van der Waals surface area contributed by atoms with Crippen molar-refractivity contribution in [1.82, 2.24) is 0 Å². The van der Waals surface area contributed by atoms with E-state index in [1.54, 1.807) is 0 Å². The molecule has 3 heteroatoms. The first-order valence-corrected chi connectivity index (χ1v) is 11.0. The maximum absolute atomic E-state index is 5.22. The van der Waals surface area contributed by atoms with E-state index in [-0.39, 0.29) is 21.7 Å². The van der Waals surface area contributed by atoms with Crippen LogP contribution in [0.1, 0.15) is 68.2 Å². The van der Waals surface area contributed by atoms with E-state index in [0.717, 1.165) is 12.8 Å². The second-order valence-electron chi connectivity index (χ2n) is 6.83. The Morgan fingerprint density at radius 2 is 1.58 bits per heavy atom. The molecule has 0 aromatic heterocycles. The van der Waals surface area contributed by atoms with Crippen molar-refractivity contribution in [3.63, 3.8) is 0 Å². The van der Waals surface area contributed by atoms with E-state index in [9.17, 15) is 0 Å². The summed E-state index contributed by atoms with van der Waals surface area (Å²) in [5.74, 6) is 0. The van der Waals surface area contributed by atoms with Gasteiger partial charge in [0.15, 0.2) is 0 Å². The van der Waals surface area contributed by atoms with Gasteiger partial charge < -0.3 is 0 Å². The minimum atomic E-state index is -1.24. The average Bonchev–Trinajstić information content (AvgIpc) is 2.97. The molecule has 1 aliphatic rings. The van der Waals surface area contributed by atoms with E-state index in [0.29, 0.717) is 17.0 Å². The van der Waals surface area contributed by atoms with Crippen LogP contribution < -0.4 is 0 Å². The molecule has 0 aliphatic heterocycles. The third-order valence-electron chi connectivity index (χ3n) is 4.21. The third-order valence-corrected chi connectivity index (χ3v) is 9.78. The summed E-state index contributed by atoms with van der Waals surface area (Å²) < 4.78 is 5.22. The molecule has 0 bridgehead atoms. The molecule has 136 valence electrons. The van der Waals surface area contributed by atoms with Crippen LogP contribution in [0.2, 0.25) is 0 Å². The van der Waals surface area contributed by atoms with Crippen LogP contribution in [0, 0.1) is 0 Å². The molecule has 0 radical (unpaired) electrons. The Balaban J connectivity index is 0. The van der Waals surface area contributed by atoms with Crippen molar-refractivity contribution >= 4 is 7.05 Å². The van der Waals surface area contributed by atoms with Gasteiger partial charge in [0.1, 0.15) is 0 Å². The van der Waals surface area contributed by atoms with Crippen molar-refractivity contribution in [2.24, 2.45) is 4.74 Å². The van der Waals surface area contributed by atoms with Gasteiger partial charge in [-0.25, -0.2) is 0 Å². The van der Waals surface area contributed by atoms with Gasteiger partial charge in [0, 0.05) is 33.8 Å². The number of rotatable bonds is 6. The van der Waals surface area contributed by atoms with E-state index < -0.39 is 7.05 Å². The first kappa shape index (κ1) is 26.1. The molecule has 24 heavy (non-hydrogen) atoms. The van der Waals surface area contributed by atoms with Crippen LogP contribution in [0.4, 0.5) is 0 Å². The second kappa shape index (κ2) is 14.1. The summed E-state index contributed by atoms with van der Waals surface area (Å²) in [6, 6.07) is 0. The Kier molecular flexibility index (Phi) is 15.4. The molecule has 1 rings (SSSR count). The standard InChI is InChI=1S/C14H26NP.C7H12.Ti/c1-11(2)16(12(3)4,13(5)6)15-14-9-7-8-10-14;1-3-5-7-6-4-2;/h7-9,11-13H,10H2,1-6H3;3,5-7H,4H2,1-2H3;. The van der Waals surface area contributed by atoms with E-state index >= 15 is 0 Å². The molecule has 0 heterocycles. The summed E-state index contributed by atoms with van der Waals surface area (Å²) in [5, 5.41) is 0. The van der Waals surface area contributed by atoms with Crippen LogP contribution in [0.25, 0.3) is 0 Å². The van der Waals surface area contributed by atoms with Gasteiger partial charge in [-0.2, -0.15) is 0 Å². The molecule has 0 saturated carbocycles. The largest absolute Gasteiger partial charge is 0.271 e. The number of hydrogen-bond donors (Lipinski definition) is 0. The van der Waals surface area contributed by atoms with Crippen molar-refractivity contribution in [2.75, 3.05) is 0 Å². The minimum absolute atomic E-state index is 0. The Labute approximate surface area is 166 Å². The summed E-state index contributed by atoms with van der Waals surface area (Å²) in [4.78, 5) is 0. The van der Waals surface area contributed by atoms with Gasteiger partial charge in [0.2, 0.25) is 0 Å². The van der Waals surface area contributed by atoms with Crippen molar-refractivity contribution in [1.29, 1.82) is 0 Å². The molecule has 1 nitrogen and oxygen atoms in total. The molecule has 0 aromatic rings. The van der Waals surface area contributed by atoms with Crippen LogP contribution in [-0.4, -0.2) is 17.0 Å². The van der Waals surface area contributed by atoms with Crippen LogP contribution in [0.15, 0.2) is 53.0 Å². The van der Waals surface area contributed by atoms with Gasteiger partial charge in [-0.05, 0) is 43.5 Å². The van der Waals surface area contributed by atoms with Gasteiger partial charge >= 0.3 is 0 Å². The topological polar surface area (TPSA) is 12.4 Å². The predicted octanol–water partition coefficient (Wildman–Crippen LogP) is 7.78. The Morgan fingerprint density at radius 3 is 1.92 bits per heavy atom. The molecule has 0 spiro atoms. The van der Waals surface area contributed by atoms with Gasteiger partial charge in [-0.3, -0.25) is 4.74 Å². The molecule has 0 amide bonds. The number of allylic oxidation sites excluding steroid dienone is 7. The summed E-state index contributed by atoms with van der Waals surface area (Å²) in [7, 11) is -1.24. The smallest absolute Gasteiger partial charge is 0.0425 e. The molecule has 0 atom stereocenters. The first-order chi connectivity index (χ1) is 10.8. The van der Waals surface area contributed by atoms with Crippen molar-refractivity contribution in [3.05, 3.63) is 48.2 Å². The minimum Gasteiger partial charge on any atom is -0.271 e. The zero-order valence-corrected chi connectivity index (χ0v) is 19.5. The summed E-state index contributed by atoms with van der Waals surface area (Å²) >= 11 is 0. The van der Waals surface area contributed by atoms with Crippen molar-refractivity contribution < 1.29 is 21.7 Å². The Bertz CT molecular complexity index is 465. The van der Waals surface area contributed by atoms with Gasteiger partial charge in [0.25, 0.3) is 0 Å². The van der Waals surface area contributed by atoms with Gasteiger partial charge in [-0.1, -0.05) is 84.9 Å². The summed E-state index contributed by atoms with van der Waals surface area (Å²) in [6.07, 6.45) is 16.9. The number of hydrogen-bond acceptors (Lipinski definition) is 1. The van der Waals surface area contributed by atoms with Crippen LogP contribution >= 0.6 is 7.05 Å². The van der Waals surface area contributed by atoms with E-state index in [2.05, 4.69) is 78.8 Å². The molecule has 0 aromatic carbocycles. The van der Waals surface area contributed by atoms with E-state index in [1.807, 2.05) is 19.1 Å². The molecular weight excluding hydrogens is 345 g/mol. The predicted molar refractivity (Wildman–Crippen MR) is 111 cm³/mol. The molecule has 0 saturated heterocycles. The fourth-order valence-corrected chi connectivity index (χ4v) is 8.06. The summed E-state index contributed by atoms with van der Waals surface area (Å²) in [6.45, 7) is 18.2. The maximum atomic E-state index is 5.22. The monoisotopic (exact) mass is 383 g/mol. The van der Waals surface area contributed by atoms with Crippen LogP contribution in [0.3, 0.4) is 0 Å². The molecule has 0 N–H and O–H groups in total. The Hall–Kier alpha value is -0.0957. The summed E-state index contributed by atoms with van der Waals surface area (Å²) in [5.41, 5.74) is 3.36. The molecule has 1 aliphatic carbocycles. The molecule has 0 unspecified atom stereocenters. The second-order valence-corrected chi connectivity index (χ2v) is 11.7. The van der Waals surface area contributed by atoms with Gasteiger partial charge in [-0.15, -0.1) is 0 Å². The van der Waals surface area contributed by atoms with E-state index in [4.69, 9.17) is 4.74 Å². The van der Waals surface area contributed by atoms with E-state index in [1.165, 1.54) is 5.70 Å². The van der Waals surface area contributed by atoms with Crippen molar-refractivity contribution in [3.8, 4) is 0 Å². The SMILES string of the molecule is CC(C)P(=NC1=CC=CC1)(C(C)C)C(C)C.CC=CC=CCC.[Ti]. The zero-order valence-electron chi connectivity index (χ0n) is 17.1. The normalized spacial score (nSPS) is 14.4. The third kappa shape index (κ3) is 8.33. The Morgan fingerprint density at radius 1 is 1.04 bits per heavy atom. The van der Waals surface area contributed by atoms with Gasteiger partial charge in [0.05, 0.1) is 0 Å². The zero-order chi connectivity index (χ0) is 17.9.